The van der Waals surface area contributed by atoms with Crippen LogP contribution >= 0.6 is 11.6 Å². The molecule has 0 saturated carbocycles. The number of halogens is 1. The van der Waals surface area contributed by atoms with Crippen molar-refractivity contribution in [3.63, 3.8) is 0 Å². The average molecular weight is 253 g/mol. The number of aromatic nitrogens is 2. The van der Waals surface area contributed by atoms with E-state index in [1.54, 1.807) is 22.6 Å². The minimum atomic E-state index is -0.524. The van der Waals surface area contributed by atoms with Crippen LogP contribution in [0.5, 0.6) is 0 Å². The van der Waals surface area contributed by atoms with E-state index >= 15 is 0 Å². The quantitative estimate of drug-likeness (QED) is 0.733. The van der Waals surface area contributed by atoms with Gasteiger partial charge in [-0.2, -0.15) is 0 Å². The van der Waals surface area contributed by atoms with Gasteiger partial charge in [0.25, 0.3) is 0 Å². The Morgan fingerprint density at radius 1 is 1.41 bits per heavy atom. The normalized spacial score (nSPS) is 11.8. The van der Waals surface area contributed by atoms with Gasteiger partial charge in [0, 0.05) is 0 Å². The first-order valence-electron chi connectivity index (χ1n) is 5.23. The predicted molar refractivity (Wildman–Crippen MR) is 65.4 cm³/mol. The standard InChI is InChI=1S/C12H13ClN2O2/c1-12(2,3)17-11(16)9-6-4-5-8-10(13)14-7-15(8)9/h4-7H,1-3H3. The molecule has 2 rings (SSSR count). The van der Waals surface area contributed by atoms with Crippen molar-refractivity contribution in [3.05, 3.63) is 35.4 Å². The number of ether oxygens (including phenoxy) is 1. The number of esters is 1. The Balaban J connectivity index is 2.45. The summed E-state index contributed by atoms with van der Waals surface area (Å²) in [5.41, 5.74) is 0.579. The highest BCUT2D eigenvalue weighted by Crippen LogP contribution is 2.18. The molecule has 0 radical (unpaired) electrons. The number of pyridine rings is 1. The zero-order valence-corrected chi connectivity index (χ0v) is 10.7. The molecule has 0 amide bonds. The molecule has 2 aromatic rings. The number of rotatable bonds is 1. The maximum absolute atomic E-state index is 12.0. The lowest BCUT2D eigenvalue weighted by molar-refractivity contribution is 0.00612. The zero-order chi connectivity index (χ0) is 12.6. The molecule has 0 bridgehead atoms. The maximum atomic E-state index is 12.0. The molecule has 0 atom stereocenters. The van der Waals surface area contributed by atoms with Crippen molar-refractivity contribution in [3.8, 4) is 0 Å². The van der Waals surface area contributed by atoms with Crippen molar-refractivity contribution in [2.45, 2.75) is 26.4 Å². The maximum Gasteiger partial charge on any atom is 0.355 e. The summed E-state index contributed by atoms with van der Waals surface area (Å²) < 4.78 is 6.93. The Hall–Kier alpha value is -1.55. The van der Waals surface area contributed by atoms with Crippen LogP contribution in [0.25, 0.3) is 5.52 Å². The first-order chi connectivity index (χ1) is 7.88. The monoisotopic (exact) mass is 252 g/mol. The van der Waals surface area contributed by atoms with Gasteiger partial charge in [0.1, 0.15) is 17.6 Å². The Labute approximate surface area is 104 Å². The number of hydrogen-bond acceptors (Lipinski definition) is 3. The molecule has 0 fully saturated rings. The molecule has 5 heteroatoms. The van der Waals surface area contributed by atoms with Crippen LogP contribution in [0, 0.1) is 0 Å². The van der Waals surface area contributed by atoms with Gasteiger partial charge >= 0.3 is 5.97 Å². The second-order valence-corrected chi connectivity index (χ2v) is 5.06. The molecule has 0 aliphatic rings. The van der Waals surface area contributed by atoms with E-state index in [-0.39, 0.29) is 0 Å². The lowest BCUT2D eigenvalue weighted by Gasteiger charge is -2.19. The van der Waals surface area contributed by atoms with Gasteiger partial charge in [-0.3, -0.25) is 4.40 Å². The number of carbonyl (C=O) groups excluding carboxylic acids is 1. The molecule has 2 heterocycles. The van der Waals surface area contributed by atoms with E-state index in [4.69, 9.17) is 16.3 Å². The molecule has 0 aromatic carbocycles. The highest BCUT2D eigenvalue weighted by Gasteiger charge is 2.20. The lowest BCUT2D eigenvalue weighted by atomic mass is 10.2. The van der Waals surface area contributed by atoms with Crippen LogP contribution in [-0.2, 0) is 4.74 Å². The van der Waals surface area contributed by atoms with Crippen molar-refractivity contribution in [2.24, 2.45) is 0 Å². The molecule has 0 saturated heterocycles. The van der Waals surface area contributed by atoms with Crippen molar-refractivity contribution in [1.82, 2.24) is 9.38 Å². The van der Waals surface area contributed by atoms with Crippen LogP contribution in [0.1, 0.15) is 31.3 Å². The van der Waals surface area contributed by atoms with Crippen LogP contribution in [-0.4, -0.2) is 21.0 Å². The first-order valence-corrected chi connectivity index (χ1v) is 5.61. The van der Waals surface area contributed by atoms with Gasteiger partial charge in [-0.25, -0.2) is 9.78 Å². The van der Waals surface area contributed by atoms with Crippen LogP contribution in [0.15, 0.2) is 24.5 Å². The number of imidazole rings is 1. The minimum Gasteiger partial charge on any atom is -0.455 e. The number of nitrogens with zero attached hydrogens (tertiary/aromatic N) is 2. The molecule has 0 spiro atoms. The summed E-state index contributed by atoms with van der Waals surface area (Å²) in [4.78, 5) is 15.9. The molecule has 90 valence electrons. The van der Waals surface area contributed by atoms with Crippen molar-refractivity contribution in [1.29, 1.82) is 0 Å². The summed E-state index contributed by atoms with van der Waals surface area (Å²) in [5.74, 6) is -0.392. The van der Waals surface area contributed by atoms with Crippen LogP contribution in [0.2, 0.25) is 5.15 Å². The molecule has 2 aromatic heterocycles. The van der Waals surface area contributed by atoms with Crippen molar-refractivity contribution in [2.75, 3.05) is 0 Å². The minimum absolute atomic E-state index is 0.371. The van der Waals surface area contributed by atoms with E-state index in [0.29, 0.717) is 16.4 Å². The third-order valence-electron chi connectivity index (χ3n) is 2.13. The summed E-state index contributed by atoms with van der Waals surface area (Å²) in [6.07, 6.45) is 1.51. The van der Waals surface area contributed by atoms with Gasteiger partial charge in [0.2, 0.25) is 0 Å². The molecule has 0 aliphatic carbocycles. The molecular weight excluding hydrogens is 240 g/mol. The number of hydrogen-bond donors (Lipinski definition) is 0. The summed E-state index contributed by atoms with van der Waals surface area (Å²) in [5, 5.41) is 0.371. The molecule has 0 N–H and O–H groups in total. The topological polar surface area (TPSA) is 43.6 Å². The van der Waals surface area contributed by atoms with Crippen LogP contribution in [0.3, 0.4) is 0 Å². The molecule has 0 unspecified atom stereocenters. The van der Waals surface area contributed by atoms with Gasteiger partial charge < -0.3 is 4.74 Å². The first kappa shape index (κ1) is 11.9. The Bertz CT molecular complexity index is 569. The van der Waals surface area contributed by atoms with E-state index in [1.165, 1.54) is 6.33 Å². The van der Waals surface area contributed by atoms with E-state index < -0.39 is 11.6 Å². The summed E-state index contributed by atoms with van der Waals surface area (Å²) in [6.45, 7) is 5.48. The fourth-order valence-corrected chi connectivity index (χ4v) is 1.68. The van der Waals surface area contributed by atoms with E-state index in [0.717, 1.165) is 0 Å². The highest BCUT2D eigenvalue weighted by atomic mass is 35.5. The van der Waals surface area contributed by atoms with Crippen molar-refractivity contribution < 1.29 is 9.53 Å². The SMILES string of the molecule is CC(C)(C)OC(=O)c1cccc2c(Cl)ncn12. The van der Waals surface area contributed by atoms with E-state index in [2.05, 4.69) is 4.98 Å². The third-order valence-corrected chi connectivity index (χ3v) is 2.42. The molecule has 17 heavy (non-hydrogen) atoms. The molecule has 4 nitrogen and oxygen atoms in total. The van der Waals surface area contributed by atoms with Gasteiger partial charge in [-0.15, -0.1) is 0 Å². The Morgan fingerprint density at radius 3 is 2.76 bits per heavy atom. The largest absolute Gasteiger partial charge is 0.455 e. The van der Waals surface area contributed by atoms with E-state index in [9.17, 15) is 4.79 Å². The molecule has 0 aliphatic heterocycles. The fourth-order valence-electron chi connectivity index (χ4n) is 1.48. The van der Waals surface area contributed by atoms with Gasteiger partial charge in [-0.05, 0) is 32.9 Å². The highest BCUT2D eigenvalue weighted by molar-refractivity contribution is 6.32. The zero-order valence-electron chi connectivity index (χ0n) is 9.90. The van der Waals surface area contributed by atoms with Gasteiger partial charge in [-0.1, -0.05) is 17.7 Å². The predicted octanol–water partition coefficient (Wildman–Crippen LogP) is 2.94. The van der Waals surface area contributed by atoms with Gasteiger partial charge in [0.05, 0.1) is 5.52 Å². The van der Waals surface area contributed by atoms with Crippen LogP contribution < -0.4 is 0 Å². The van der Waals surface area contributed by atoms with E-state index in [1.807, 2.05) is 20.8 Å². The molecular formula is C12H13ClN2O2. The Morgan fingerprint density at radius 2 is 2.12 bits per heavy atom. The van der Waals surface area contributed by atoms with Gasteiger partial charge in [0.15, 0.2) is 5.15 Å². The fraction of sp³-hybridized carbons (Fsp3) is 0.333. The summed E-state index contributed by atoms with van der Waals surface area (Å²) in [6, 6.07) is 5.23. The smallest absolute Gasteiger partial charge is 0.355 e. The van der Waals surface area contributed by atoms with Crippen molar-refractivity contribution >= 4 is 23.1 Å². The van der Waals surface area contributed by atoms with Crippen LogP contribution in [0.4, 0.5) is 0 Å². The Kier molecular flexibility index (Phi) is 2.83. The number of carbonyl (C=O) groups is 1. The summed E-state index contributed by atoms with van der Waals surface area (Å²) in [7, 11) is 0. The third kappa shape index (κ3) is 2.42. The average Bonchev–Trinajstić information content (AvgIpc) is 2.58. The number of fused-ring (bicyclic) bond motifs is 1. The lowest BCUT2D eigenvalue weighted by Crippen LogP contribution is -2.25. The summed E-state index contributed by atoms with van der Waals surface area (Å²) >= 11 is 5.90. The second-order valence-electron chi connectivity index (χ2n) is 4.70. The second kappa shape index (κ2) is 4.04.